The first-order valence-corrected chi connectivity index (χ1v) is 8.37. The Bertz CT molecular complexity index is 353. The summed E-state index contributed by atoms with van der Waals surface area (Å²) in [7, 11) is 0. The summed E-state index contributed by atoms with van der Waals surface area (Å²) in [6.07, 6.45) is 8.67. The van der Waals surface area contributed by atoms with E-state index in [4.69, 9.17) is 5.11 Å². The second kappa shape index (κ2) is 8.37. The molecular formula is C16H28N2O3. The van der Waals surface area contributed by atoms with E-state index in [1.54, 1.807) is 0 Å². The molecule has 5 heteroatoms. The first kappa shape index (κ1) is 16.3. The highest BCUT2D eigenvalue weighted by atomic mass is 16.4. The molecule has 0 aromatic carbocycles. The summed E-state index contributed by atoms with van der Waals surface area (Å²) in [5, 5.41) is 11.5. The van der Waals surface area contributed by atoms with Crippen molar-refractivity contribution in [3.63, 3.8) is 0 Å². The molecule has 1 atom stereocenters. The van der Waals surface area contributed by atoms with Crippen LogP contribution in [0.5, 0.6) is 0 Å². The normalized spacial score (nSPS) is 24.1. The topological polar surface area (TPSA) is 69.6 Å². The fourth-order valence-electron chi connectivity index (χ4n) is 3.61. The van der Waals surface area contributed by atoms with Crippen LogP contribution in [0.25, 0.3) is 0 Å². The van der Waals surface area contributed by atoms with Crippen molar-refractivity contribution >= 4 is 11.9 Å². The lowest BCUT2D eigenvalue weighted by Crippen LogP contribution is -2.44. The Morgan fingerprint density at radius 1 is 1.10 bits per heavy atom. The number of carbonyl (C=O) groups excluding carboxylic acids is 1. The van der Waals surface area contributed by atoms with Gasteiger partial charge in [-0.05, 0) is 44.6 Å². The number of hydrogen-bond donors (Lipinski definition) is 2. The summed E-state index contributed by atoms with van der Waals surface area (Å²) in [6.45, 7) is 3.07. The first-order chi connectivity index (χ1) is 10.1. The number of hydrogen-bond acceptors (Lipinski definition) is 3. The van der Waals surface area contributed by atoms with Crippen molar-refractivity contribution in [1.82, 2.24) is 10.2 Å². The molecule has 120 valence electrons. The smallest absolute Gasteiger partial charge is 0.303 e. The van der Waals surface area contributed by atoms with Crippen LogP contribution < -0.4 is 5.32 Å². The molecule has 21 heavy (non-hydrogen) atoms. The van der Waals surface area contributed by atoms with Crippen molar-refractivity contribution in [1.29, 1.82) is 0 Å². The summed E-state index contributed by atoms with van der Waals surface area (Å²) in [6, 6.07) is 0.777. The molecule has 0 bridgehead atoms. The Balaban J connectivity index is 1.63. The minimum Gasteiger partial charge on any atom is -0.481 e. The van der Waals surface area contributed by atoms with Crippen LogP contribution in [0, 0.1) is 5.92 Å². The van der Waals surface area contributed by atoms with Gasteiger partial charge in [0.1, 0.15) is 0 Å². The molecule has 1 aliphatic carbocycles. The molecule has 0 radical (unpaired) electrons. The Morgan fingerprint density at radius 3 is 2.57 bits per heavy atom. The van der Waals surface area contributed by atoms with Crippen LogP contribution in [0.2, 0.25) is 0 Å². The van der Waals surface area contributed by atoms with Crippen molar-refractivity contribution in [3.05, 3.63) is 0 Å². The van der Waals surface area contributed by atoms with E-state index in [2.05, 4.69) is 10.2 Å². The molecule has 1 amide bonds. The molecule has 2 fully saturated rings. The average Bonchev–Trinajstić information content (AvgIpc) is 2.99. The number of likely N-dealkylation sites (tertiary alicyclic amines) is 1. The quantitative estimate of drug-likeness (QED) is 0.754. The zero-order valence-electron chi connectivity index (χ0n) is 12.9. The van der Waals surface area contributed by atoms with Crippen molar-refractivity contribution in [3.8, 4) is 0 Å². The summed E-state index contributed by atoms with van der Waals surface area (Å²) in [5.74, 6) is -0.278. The van der Waals surface area contributed by atoms with Crippen LogP contribution in [0.1, 0.15) is 57.8 Å². The van der Waals surface area contributed by atoms with Crippen LogP contribution in [-0.4, -0.2) is 47.6 Å². The molecule has 1 unspecified atom stereocenters. The summed E-state index contributed by atoms with van der Waals surface area (Å²) >= 11 is 0. The molecule has 0 spiro atoms. The van der Waals surface area contributed by atoms with E-state index in [-0.39, 0.29) is 12.3 Å². The van der Waals surface area contributed by atoms with Gasteiger partial charge in [0.05, 0.1) is 0 Å². The number of carboxylic acids is 1. The lowest BCUT2D eigenvalue weighted by Gasteiger charge is -2.36. The lowest BCUT2D eigenvalue weighted by atomic mass is 9.96. The second-order valence-electron chi connectivity index (χ2n) is 6.49. The molecule has 1 saturated carbocycles. The predicted molar refractivity (Wildman–Crippen MR) is 81.0 cm³/mol. The monoisotopic (exact) mass is 296 g/mol. The Kier molecular flexibility index (Phi) is 6.49. The van der Waals surface area contributed by atoms with Crippen molar-refractivity contribution in [2.75, 3.05) is 19.6 Å². The maximum atomic E-state index is 11.7. The Labute approximate surface area is 127 Å². The van der Waals surface area contributed by atoms with E-state index in [0.717, 1.165) is 19.1 Å². The largest absolute Gasteiger partial charge is 0.481 e. The van der Waals surface area contributed by atoms with Crippen LogP contribution in [-0.2, 0) is 9.59 Å². The third-order valence-corrected chi connectivity index (χ3v) is 4.77. The van der Waals surface area contributed by atoms with Gasteiger partial charge in [-0.3, -0.25) is 9.59 Å². The number of nitrogens with zero attached hydrogens (tertiary/aromatic N) is 1. The van der Waals surface area contributed by atoms with Gasteiger partial charge in [0.2, 0.25) is 5.91 Å². The van der Waals surface area contributed by atoms with E-state index >= 15 is 0 Å². The van der Waals surface area contributed by atoms with Crippen LogP contribution >= 0.6 is 0 Å². The summed E-state index contributed by atoms with van der Waals surface area (Å²) < 4.78 is 0. The number of amides is 1. The SMILES string of the molecule is O=C(O)CCCC(=O)NCC1CCCN(C2CCCC2)C1. The molecule has 2 N–H and O–H groups in total. The van der Waals surface area contributed by atoms with Gasteiger partial charge in [0.15, 0.2) is 0 Å². The standard InChI is InChI=1S/C16H28N2O3/c19-15(8-3-9-16(20)21)17-11-13-5-4-10-18(12-13)14-6-1-2-7-14/h13-14H,1-12H2,(H,17,19)(H,20,21). The van der Waals surface area contributed by atoms with Crippen LogP contribution in [0.4, 0.5) is 0 Å². The van der Waals surface area contributed by atoms with Gasteiger partial charge in [-0.25, -0.2) is 0 Å². The fourth-order valence-corrected chi connectivity index (χ4v) is 3.61. The molecule has 0 aromatic rings. The third-order valence-electron chi connectivity index (χ3n) is 4.77. The minimum atomic E-state index is -0.831. The number of carboxylic acid groups (broad SMARTS) is 1. The Morgan fingerprint density at radius 2 is 1.86 bits per heavy atom. The number of piperidine rings is 1. The summed E-state index contributed by atoms with van der Waals surface area (Å²) in [5.41, 5.74) is 0. The van der Waals surface area contributed by atoms with Gasteiger partial charge < -0.3 is 15.3 Å². The van der Waals surface area contributed by atoms with Gasteiger partial charge in [0, 0.05) is 32.0 Å². The van der Waals surface area contributed by atoms with Gasteiger partial charge in [-0.1, -0.05) is 12.8 Å². The molecule has 2 rings (SSSR count). The minimum absolute atomic E-state index is 0.00533. The van der Waals surface area contributed by atoms with Crippen molar-refractivity contribution in [2.45, 2.75) is 63.8 Å². The molecule has 1 saturated heterocycles. The third kappa shape index (κ3) is 5.65. The Hall–Kier alpha value is -1.10. The molecule has 5 nitrogen and oxygen atoms in total. The molecule has 2 aliphatic rings. The molecular weight excluding hydrogens is 268 g/mol. The fraction of sp³-hybridized carbons (Fsp3) is 0.875. The van der Waals surface area contributed by atoms with E-state index in [9.17, 15) is 9.59 Å². The highest BCUT2D eigenvalue weighted by Crippen LogP contribution is 2.27. The number of rotatable bonds is 7. The van der Waals surface area contributed by atoms with E-state index in [1.807, 2.05) is 0 Å². The van der Waals surface area contributed by atoms with Crippen molar-refractivity contribution < 1.29 is 14.7 Å². The van der Waals surface area contributed by atoms with E-state index in [0.29, 0.717) is 18.8 Å². The first-order valence-electron chi connectivity index (χ1n) is 8.37. The van der Waals surface area contributed by atoms with E-state index < -0.39 is 5.97 Å². The maximum absolute atomic E-state index is 11.7. The highest BCUT2D eigenvalue weighted by Gasteiger charge is 2.27. The molecule has 1 heterocycles. The van der Waals surface area contributed by atoms with Gasteiger partial charge >= 0.3 is 5.97 Å². The zero-order chi connectivity index (χ0) is 15.1. The van der Waals surface area contributed by atoms with Gasteiger partial charge in [-0.15, -0.1) is 0 Å². The predicted octanol–water partition coefficient (Wildman–Crippen LogP) is 2.01. The van der Waals surface area contributed by atoms with Gasteiger partial charge in [0.25, 0.3) is 0 Å². The van der Waals surface area contributed by atoms with Crippen LogP contribution in [0.3, 0.4) is 0 Å². The average molecular weight is 296 g/mol. The number of carbonyl (C=O) groups is 2. The lowest BCUT2D eigenvalue weighted by molar-refractivity contribution is -0.137. The maximum Gasteiger partial charge on any atom is 0.303 e. The second-order valence-corrected chi connectivity index (χ2v) is 6.49. The zero-order valence-corrected chi connectivity index (χ0v) is 12.9. The molecule has 0 aromatic heterocycles. The number of nitrogens with one attached hydrogen (secondary N) is 1. The number of aliphatic carboxylic acids is 1. The van der Waals surface area contributed by atoms with E-state index in [1.165, 1.54) is 45.1 Å². The highest BCUT2D eigenvalue weighted by molar-refractivity contribution is 5.76. The molecule has 1 aliphatic heterocycles. The summed E-state index contributed by atoms with van der Waals surface area (Å²) in [4.78, 5) is 24.7. The van der Waals surface area contributed by atoms with Crippen molar-refractivity contribution in [2.24, 2.45) is 5.92 Å². The van der Waals surface area contributed by atoms with Gasteiger partial charge in [-0.2, -0.15) is 0 Å². The van der Waals surface area contributed by atoms with Crippen LogP contribution in [0.15, 0.2) is 0 Å².